The molecule has 1 aromatic heterocycles. The number of halogens is 1. The summed E-state index contributed by atoms with van der Waals surface area (Å²) >= 11 is 0.852. The summed E-state index contributed by atoms with van der Waals surface area (Å²) in [6, 6.07) is 0. The van der Waals surface area contributed by atoms with Crippen LogP contribution in [0.4, 0.5) is 9.02 Å². The lowest BCUT2D eigenvalue weighted by Crippen LogP contribution is -2.26. The molecule has 0 radical (unpaired) electrons. The first-order chi connectivity index (χ1) is 6.98. The smallest absolute Gasteiger partial charge is 0.284 e. The molecule has 0 N–H and O–H groups in total. The molecule has 0 aliphatic carbocycles. The van der Waals surface area contributed by atoms with Gasteiger partial charge in [0, 0.05) is 24.5 Å². The van der Waals surface area contributed by atoms with Crippen LogP contribution >= 0.6 is 11.5 Å². The Balaban J connectivity index is 2.23. The van der Waals surface area contributed by atoms with Gasteiger partial charge in [0.25, 0.3) is 0 Å². The Bertz CT molecular complexity index is 472. The molecule has 1 amide bonds. The van der Waals surface area contributed by atoms with Crippen LogP contribution in [0.3, 0.4) is 0 Å². The molecule has 2 heterocycles. The lowest BCUT2D eigenvalue weighted by molar-refractivity contribution is -0.117. The van der Waals surface area contributed by atoms with Gasteiger partial charge in [-0.05, 0) is 5.21 Å². The summed E-state index contributed by atoms with van der Waals surface area (Å²) in [6.45, 7) is -0.228. The van der Waals surface area contributed by atoms with Crippen LogP contribution in [0.25, 0.3) is 0 Å². The average molecular weight is 252 g/mol. The van der Waals surface area contributed by atoms with E-state index in [1.54, 1.807) is 0 Å². The van der Waals surface area contributed by atoms with E-state index in [9.17, 15) is 17.1 Å². The minimum atomic E-state index is -4.69. The summed E-state index contributed by atoms with van der Waals surface area (Å²) in [4.78, 5) is 12.4. The molecule has 1 aromatic rings. The van der Waals surface area contributed by atoms with Crippen molar-refractivity contribution in [2.75, 3.05) is 11.4 Å². The van der Waals surface area contributed by atoms with E-state index in [1.165, 1.54) is 0 Å². The molecule has 82 valence electrons. The highest BCUT2D eigenvalue weighted by Gasteiger charge is 2.40. The standard InChI is InChI=1S/C5H5FN4O3S2/c6-15(12,13)3-1-4(11)10(2-3)5-7-8-9-14-5/h3H,1-2H2. The maximum atomic E-state index is 12.6. The van der Waals surface area contributed by atoms with Crippen molar-refractivity contribution in [3.8, 4) is 0 Å². The molecule has 1 atom stereocenters. The second-order valence-corrected chi connectivity index (χ2v) is 5.28. The molecule has 0 saturated carbocycles. The quantitative estimate of drug-likeness (QED) is 0.648. The number of nitrogens with zero attached hydrogens (tertiary/aromatic N) is 4. The molecular weight excluding hydrogens is 247 g/mol. The van der Waals surface area contributed by atoms with Crippen LogP contribution in [0.1, 0.15) is 6.42 Å². The summed E-state index contributed by atoms with van der Waals surface area (Å²) in [5.41, 5.74) is 0. The maximum absolute atomic E-state index is 12.6. The van der Waals surface area contributed by atoms with Gasteiger partial charge in [-0.2, -0.15) is 8.42 Å². The van der Waals surface area contributed by atoms with Gasteiger partial charge in [0.2, 0.25) is 11.0 Å². The van der Waals surface area contributed by atoms with E-state index in [2.05, 4.69) is 14.8 Å². The van der Waals surface area contributed by atoms with E-state index in [1.807, 2.05) is 0 Å². The normalized spacial score (nSPS) is 22.3. The Kier molecular flexibility index (Phi) is 2.38. The number of aromatic nitrogens is 3. The van der Waals surface area contributed by atoms with Gasteiger partial charge in [-0.1, -0.05) is 9.59 Å². The van der Waals surface area contributed by atoms with E-state index in [0.717, 1.165) is 16.4 Å². The molecule has 10 heteroatoms. The molecule has 7 nitrogen and oxygen atoms in total. The van der Waals surface area contributed by atoms with E-state index in [0.29, 0.717) is 0 Å². The van der Waals surface area contributed by atoms with Crippen molar-refractivity contribution in [2.24, 2.45) is 0 Å². The lowest BCUT2D eigenvalue weighted by atomic mass is 10.4. The summed E-state index contributed by atoms with van der Waals surface area (Å²) in [6.07, 6.45) is -0.363. The molecule has 0 bridgehead atoms. The van der Waals surface area contributed by atoms with Crippen LogP contribution in [0.2, 0.25) is 0 Å². The zero-order chi connectivity index (χ0) is 11.1. The third-order valence-electron chi connectivity index (χ3n) is 2.01. The first kappa shape index (κ1) is 10.4. The highest BCUT2D eigenvalue weighted by molar-refractivity contribution is 7.87. The Morgan fingerprint density at radius 2 is 2.27 bits per heavy atom. The van der Waals surface area contributed by atoms with E-state index < -0.39 is 21.4 Å². The second kappa shape index (κ2) is 3.45. The largest absolute Gasteiger partial charge is 0.307 e. The van der Waals surface area contributed by atoms with Gasteiger partial charge in [0.15, 0.2) is 0 Å². The van der Waals surface area contributed by atoms with Gasteiger partial charge in [-0.15, -0.1) is 3.89 Å². The van der Waals surface area contributed by atoms with Gasteiger partial charge in [-0.3, -0.25) is 9.69 Å². The molecule has 1 fully saturated rings. The Morgan fingerprint density at radius 3 is 2.73 bits per heavy atom. The zero-order valence-electron chi connectivity index (χ0n) is 7.20. The number of hydrogen-bond donors (Lipinski definition) is 0. The number of rotatable bonds is 2. The summed E-state index contributed by atoms with van der Waals surface area (Å²) in [5, 5.41) is 5.66. The third kappa shape index (κ3) is 1.95. The van der Waals surface area contributed by atoms with Gasteiger partial charge in [0.05, 0.1) is 0 Å². The maximum Gasteiger partial charge on any atom is 0.307 e. The summed E-state index contributed by atoms with van der Waals surface area (Å²) in [7, 11) is -4.69. The fourth-order valence-electron chi connectivity index (χ4n) is 1.28. The number of anilines is 1. The molecule has 0 aromatic carbocycles. The number of carbonyl (C=O) groups excluding carboxylic acids is 1. The third-order valence-corrected chi connectivity index (χ3v) is 3.74. The predicted octanol–water partition coefficient (Wildman–Crippen LogP) is -0.662. The van der Waals surface area contributed by atoms with Gasteiger partial charge >= 0.3 is 10.2 Å². The van der Waals surface area contributed by atoms with E-state index in [-0.39, 0.29) is 18.1 Å². The van der Waals surface area contributed by atoms with Crippen LogP contribution in [-0.4, -0.2) is 40.9 Å². The van der Waals surface area contributed by atoms with Gasteiger partial charge in [0.1, 0.15) is 5.25 Å². The van der Waals surface area contributed by atoms with Crippen LogP contribution in [0.15, 0.2) is 0 Å². The van der Waals surface area contributed by atoms with Crippen LogP contribution in [-0.2, 0) is 15.0 Å². The highest BCUT2D eigenvalue weighted by atomic mass is 32.3. The minimum Gasteiger partial charge on any atom is -0.284 e. The van der Waals surface area contributed by atoms with Crippen LogP contribution < -0.4 is 4.90 Å². The van der Waals surface area contributed by atoms with Crippen molar-refractivity contribution in [3.63, 3.8) is 0 Å². The lowest BCUT2D eigenvalue weighted by Gasteiger charge is -2.09. The van der Waals surface area contributed by atoms with Crippen molar-refractivity contribution in [1.82, 2.24) is 14.8 Å². The predicted molar refractivity (Wildman–Crippen MR) is 48.5 cm³/mol. The Labute approximate surface area is 88.3 Å². The van der Waals surface area contributed by atoms with Crippen LogP contribution in [0, 0.1) is 0 Å². The van der Waals surface area contributed by atoms with Crippen LogP contribution in [0.5, 0.6) is 0 Å². The first-order valence-electron chi connectivity index (χ1n) is 3.87. The number of hydrogen-bond acceptors (Lipinski definition) is 7. The molecule has 15 heavy (non-hydrogen) atoms. The average Bonchev–Trinajstić information content (AvgIpc) is 2.69. The van der Waals surface area contributed by atoms with E-state index >= 15 is 0 Å². The first-order valence-corrected chi connectivity index (χ1v) is 6.09. The minimum absolute atomic E-state index is 0.186. The summed E-state index contributed by atoms with van der Waals surface area (Å²) < 4.78 is 37.3. The second-order valence-electron chi connectivity index (χ2n) is 2.95. The van der Waals surface area contributed by atoms with Crippen molar-refractivity contribution >= 4 is 32.8 Å². The molecule has 0 spiro atoms. The molecule has 1 aliphatic rings. The Hall–Kier alpha value is -1.16. The monoisotopic (exact) mass is 252 g/mol. The molecular formula is C5H5FN4O3S2. The molecule has 1 aliphatic heterocycles. The Morgan fingerprint density at radius 1 is 1.53 bits per heavy atom. The molecule has 1 saturated heterocycles. The molecule has 1 unspecified atom stereocenters. The number of carbonyl (C=O) groups is 1. The van der Waals surface area contributed by atoms with Crippen molar-refractivity contribution in [2.45, 2.75) is 11.7 Å². The number of amides is 1. The van der Waals surface area contributed by atoms with Crippen molar-refractivity contribution < 1.29 is 17.1 Å². The van der Waals surface area contributed by atoms with Crippen molar-refractivity contribution in [3.05, 3.63) is 0 Å². The zero-order valence-corrected chi connectivity index (χ0v) is 8.83. The topological polar surface area (TPSA) is 93.1 Å². The van der Waals surface area contributed by atoms with E-state index in [4.69, 9.17) is 0 Å². The van der Waals surface area contributed by atoms with Gasteiger partial charge in [-0.25, -0.2) is 0 Å². The fourth-order valence-corrected chi connectivity index (χ4v) is 2.44. The molecule has 2 rings (SSSR count). The fraction of sp³-hybridized carbons (Fsp3) is 0.600. The SMILES string of the molecule is O=C1CC(S(=O)(=O)F)CN1c1nnns1. The summed E-state index contributed by atoms with van der Waals surface area (Å²) in [5.74, 6) is -0.486. The highest BCUT2D eigenvalue weighted by Crippen LogP contribution is 2.25. The van der Waals surface area contributed by atoms with Gasteiger partial charge < -0.3 is 0 Å². The van der Waals surface area contributed by atoms with Crippen molar-refractivity contribution in [1.29, 1.82) is 0 Å².